The Morgan fingerprint density at radius 2 is 2.21 bits per heavy atom. The molecule has 0 atom stereocenters. The van der Waals surface area contributed by atoms with Gasteiger partial charge in [0.15, 0.2) is 5.82 Å². The van der Waals surface area contributed by atoms with E-state index in [1.54, 1.807) is 6.92 Å². The van der Waals surface area contributed by atoms with Crippen LogP contribution in [0.25, 0.3) is 0 Å². The van der Waals surface area contributed by atoms with E-state index in [0.717, 1.165) is 0 Å². The largest absolute Gasteiger partial charge is 0.445 e. The number of pyridine rings is 1. The summed E-state index contributed by atoms with van der Waals surface area (Å²) in [7, 11) is -3.75. The zero-order valence-electron chi connectivity index (χ0n) is 10.1. The number of hydrogen-bond acceptors (Lipinski definition) is 7. The van der Waals surface area contributed by atoms with E-state index in [1.807, 2.05) is 0 Å². The van der Waals surface area contributed by atoms with Crippen molar-refractivity contribution in [3.8, 4) is 0 Å². The summed E-state index contributed by atoms with van der Waals surface area (Å²) >= 11 is 0. The van der Waals surface area contributed by atoms with Crippen molar-refractivity contribution < 1.29 is 12.8 Å². The molecule has 8 nitrogen and oxygen atoms in total. The number of nitrogens with zero attached hydrogens (tertiary/aromatic N) is 2. The standard InChI is InChI=1S/C10H13N5O3S/c1-7-5-13-9(18-7)6-14-19(16,17)8-3-2-4-12-10(8)15-11/h2-5,14H,6,11H2,1H3,(H,12,15). The van der Waals surface area contributed by atoms with Gasteiger partial charge in [0.05, 0.1) is 12.7 Å². The number of hydrogen-bond donors (Lipinski definition) is 3. The minimum absolute atomic E-state index is 0.0409. The van der Waals surface area contributed by atoms with Crippen molar-refractivity contribution in [2.45, 2.75) is 18.4 Å². The van der Waals surface area contributed by atoms with Crippen molar-refractivity contribution in [3.63, 3.8) is 0 Å². The predicted molar refractivity (Wildman–Crippen MR) is 67.3 cm³/mol. The van der Waals surface area contributed by atoms with Gasteiger partial charge in [0.1, 0.15) is 10.7 Å². The highest BCUT2D eigenvalue weighted by Crippen LogP contribution is 2.16. The maximum atomic E-state index is 12.1. The van der Waals surface area contributed by atoms with Crippen LogP contribution < -0.4 is 16.0 Å². The lowest BCUT2D eigenvalue weighted by atomic mass is 10.5. The average Bonchev–Trinajstić information content (AvgIpc) is 2.82. The molecule has 9 heteroatoms. The number of nitrogens with one attached hydrogen (secondary N) is 2. The number of rotatable bonds is 5. The summed E-state index contributed by atoms with van der Waals surface area (Å²) in [5.74, 6) is 6.19. The Morgan fingerprint density at radius 3 is 2.84 bits per heavy atom. The molecular formula is C10H13N5O3S. The number of oxazole rings is 1. The van der Waals surface area contributed by atoms with E-state index in [1.165, 1.54) is 24.5 Å². The molecule has 2 heterocycles. The number of nitrogen functional groups attached to an aromatic ring is 1. The Labute approximate surface area is 110 Å². The summed E-state index contributed by atoms with van der Waals surface area (Å²) in [4.78, 5) is 7.69. The van der Waals surface area contributed by atoms with Crippen molar-refractivity contribution in [2.75, 3.05) is 5.43 Å². The van der Waals surface area contributed by atoms with E-state index < -0.39 is 10.0 Å². The SMILES string of the molecule is Cc1cnc(CNS(=O)(=O)c2cccnc2NN)o1. The molecule has 0 aromatic carbocycles. The summed E-state index contributed by atoms with van der Waals surface area (Å²) in [6.07, 6.45) is 2.95. The van der Waals surface area contributed by atoms with Gasteiger partial charge in [0.25, 0.3) is 0 Å². The number of anilines is 1. The molecular weight excluding hydrogens is 270 g/mol. The van der Waals surface area contributed by atoms with Crippen LogP contribution in [0.2, 0.25) is 0 Å². The van der Waals surface area contributed by atoms with E-state index in [2.05, 4.69) is 20.1 Å². The monoisotopic (exact) mass is 283 g/mol. The number of nitrogens with two attached hydrogens (primary N) is 1. The lowest BCUT2D eigenvalue weighted by Gasteiger charge is -2.08. The van der Waals surface area contributed by atoms with Crippen LogP contribution in [0.15, 0.2) is 33.8 Å². The lowest BCUT2D eigenvalue weighted by molar-refractivity contribution is 0.463. The van der Waals surface area contributed by atoms with Gasteiger partial charge in [-0.1, -0.05) is 0 Å². The second-order valence-electron chi connectivity index (χ2n) is 3.68. The van der Waals surface area contributed by atoms with Gasteiger partial charge in [0.2, 0.25) is 15.9 Å². The van der Waals surface area contributed by atoms with E-state index in [9.17, 15) is 8.42 Å². The fourth-order valence-electron chi connectivity index (χ4n) is 1.43. The normalized spacial score (nSPS) is 11.5. The maximum absolute atomic E-state index is 12.1. The minimum atomic E-state index is -3.75. The topological polar surface area (TPSA) is 123 Å². The van der Waals surface area contributed by atoms with Crippen molar-refractivity contribution in [1.82, 2.24) is 14.7 Å². The van der Waals surface area contributed by atoms with Crippen molar-refractivity contribution in [1.29, 1.82) is 0 Å². The van der Waals surface area contributed by atoms with Crippen LogP contribution >= 0.6 is 0 Å². The first-order valence-corrected chi connectivity index (χ1v) is 6.84. The molecule has 0 aliphatic carbocycles. The Morgan fingerprint density at radius 1 is 1.42 bits per heavy atom. The van der Waals surface area contributed by atoms with Gasteiger partial charge in [-0.25, -0.2) is 29.0 Å². The van der Waals surface area contributed by atoms with Gasteiger partial charge in [-0.2, -0.15) is 0 Å². The zero-order valence-corrected chi connectivity index (χ0v) is 10.9. The number of sulfonamides is 1. The molecule has 4 N–H and O–H groups in total. The van der Waals surface area contributed by atoms with Gasteiger partial charge in [0, 0.05) is 6.20 Å². The fourth-order valence-corrected chi connectivity index (χ4v) is 2.53. The third kappa shape index (κ3) is 3.08. The molecule has 0 bridgehead atoms. The molecule has 102 valence electrons. The molecule has 0 unspecified atom stereocenters. The van der Waals surface area contributed by atoms with Gasteiger partial charge in [-0.05, 0) is 19.1 Å². The highest BCUT2D eigenvalue weighted by molar-refractivity contribution is 7.89. The zero-order chi connectivity index (χ0) is 13.9. The summed E-state index contributed by atoms with van der Waals surface area (Å²) < 4.78 is 31.7. The van der Waals surface area contributed by atoms with E-state index >= 15 is 0 Å². The Hall–Kier alpha value is -1.97. The van der Waals surface area contributed by atoms with Gasteiger partial charge in [-0.3, -0.25) is 0 Å². The number of aryl methyl sites for hydroxylation is 1. The van der Waals surface area contributed by atoms with Crippen LogP contribution in [0, 0.1) is 6.92 Å². The van der Waals surface area contributed by atoms with E-state index in [4.69, 9.17) is 10.3 Å². The van der Waals surface area contributed by atoms with Crippen LogP contribution in [0.4, 0.5) is 5.82 Å². The van der Waals surface area contributed by atoms with E-state index in [-0.39, 0.29) is 23.1 Å². The first-order chi connectivity index (χ1) is 9.03. The summed E-state index contributed by atoms with van der Waals surface area (Å²) in [5.41, 5.74) is 2.23. The molecule has 0 saturated heterocycles. The van der Waals surface area contributed by atoms with Crippen LogP contribution in [0.3, 0.4) is 0 Å². The molecule has 2 aromatic rings. The predicted octanol–water partition coefficient (Wildman–Crippen LogP) is 0.142. The van der Waals surface area contributed by atoms with Gasteiger partial charge in [-0.15, -0.1) is 0 Å². The van der Waals surface area contributed by atoms with Crippen LogP contribution in [-0.4, -0.2) is 18.4 Å². The van der Waals surface area contributed by atoms with Crippen molar-refractivity contribution >= 4 is 15.8 Å². The second kappa shape index (κ2) is 5.34. The molecule has 19 heavy (non-hydrogen) atoms. The summed E-state index contributed by atoms with van der Waals surface area (Å²) in [5, 5.41) is 0. The average molecular weight is 283 g/mol. The molecule has 0 amide bonds. The molecule has 2 rings (SSSR count). The summed E-state index contributed by atoms with van der Waals surface area (Å²) in [6, 6.07) is 2.90. The van der Waals surface area contributed by atoms with Crippen LogP contribution in [-0.2, 0) is 16.6 Å². The maximum Gasteiger partial charge on any atom is 0.244 e. The molecule has 0 aliphatic rings. The molecule has 2 aromatic heterocycles. The quantitative estimate of drug-likeness (QED) is 0.527. The smallest absolute Gasteiger partial charge is 0.244 e. The summed E-state index contributed by atoms with van der Waals surface area (Å²) in [6.45, 7) is 1.68. The Balaban J connectivity index is 2.18. The lowest BCUT2D eigenvalue weighted by Crippen LogP contribution is -2.25. The third-order valence-electron chi connectivity index (χ3n) is 2.28. The minimum Gasteiger partial charge on any atom is -0.445 e. The Kier molecular flexibility index (Phi) is 3.79. The third-order valence-corrected chi connectivity index (χ3v) is 3.71. The molecule has 0 saturated carbocycles. The molecule has 0 fully saturated rings. The van der Waals surface area contributed by atoms with Crippen molar-refractivity contribution in [3.05, 3.63) is 36.2 Å². The first kappa shape index (κ1) is 13.5. The van der Waals surface area contributed by atoms with Crippen molar-refractivity contribution in [2.24, 2.45) is 5.84 Å². The number of aromatic nitrogens is 2. The Bertz CT molecular complexity index is 667. The molecule has 0 aliphatic heterocycles. The molecule has 0 spiro atoms. The van der Waals surface area contributed by atoms with Gasteiger partial charge >= 0.3 is 0 Å². The fraction of sp³-hybridized carbons (Fsp3) is 0.200. The van der Waals surface area contributed by atoms with E-state index in [0.29, 0.717) is 5.76 Å². The first-order valence-electron chi connectivity index (χ1n) is 5.35. The van der Waals surface area contributed by atoms with Crippen LogP contribution in [0.1, 0.15) is 11.7 Å². The molecule has 0 radical (unpaired) electrons. The highest BCUT2D eigenvalue weighted by Gasteiger charge is 2.19. The number of hydrazine groups is 1. The second-order valence-corrected chi connectivity index (χ2v) is 5.42. The highest BCUT2D eigenvalue weighted by atomic mass is 32.2. The van der Waals surface area contributed by atoms with Crippen LogP contribution in [0.5, 0.6) is 0 Å². The van der Waals surface area contributed by atoms with Gasteiger partial charge < -0.3 is 9.84 Å².